The number of halogens is 2. The van der Waals surface area contributed by atoms with E-state index in [1.807, 2.05) is 50.9 Å². The third kappa shape index (κ3) is 5.30. The maximum absolute atomic E-state index is 16.3. The van der Waals surface area contributed by atoms with Crippen LogP contribution in [0.25, 0.3) is 28.0 Å². The molecule has 9 nitrogen and oxygen atoms in total. The van der Waals surface area contributed by atoms with Crippen molar-refractivity contribution in [3.05, 3.63) is 82.8 Å². The lowest BCUT2D eigenvalue weighted by Gasteiger charge is -2.40. The molecule has 234 valence electrons. The molecule has 45 heavy (non-hydrogen) atoms. The fourth-order valence-electron chi connectivity index (χ4n) is 6.44. The zero-order valence-electron chi connectivity index (χ0n) is 26.0. The van der Waals surface area contributed by atoms with Crippen LogP contribution in [-0.2, 0) is 4.79 Å². The molecule has 11 heteroatoms. The van der Waals surface area contributed by atoms with E-state index in [1.165, 1.54) is 22.8 Å². The summed E-state index contributed by atoms with van der Waals surface area (Å²) in [6, 6.07) is 11.5. The summed E-state index contributed by atoms with van der Waals surface area (Å²) in [7, 11) is 1.97. The number of piperazine rings is 1. The predicted molar refractivity (Wildman–Crippen MR) is 175 cm³/mol. The highest BCUT2D eigenvalue weighted by molar-refractivity contribution is 5.93. The summed E-state index contributed by atoms with van der Waals surface area (Å²) in [6.07, 6.45) is 1.98. The molecule has 0 unspecified atom stereocenters. The number of fused-ring (bicyclic) bond motifs is 5. The molecule has 1 fully saturated rings. The Hall–Kier alpha value is -4.80. The van der Waals surface area contributed by atoms with Crippen molar-refractivity contribution in [2.45, 2.75) is 39.2 Å². The number of nitrogens with one attached hydrogen (secondary N) is 1. The maximum Gasteiger partial charge on any atom is 0.355 e. The normalized spacial score (nSPS) is 16.9. The Kier molecular flexibility index (Phi) is 8.03. The fraction of sp³-hybridized carbons (Fsp3) is 0.353. The Morgan fingerprint density at radius 1 is 1.09 bits per heavy atom. The number of aromatic nitrogens is 3. The molecule has 1 amide bonds. The SMILES string of the molecule is C=CC(=O)N1CCN(c2nc(=O)n3c4nc(c(F)cc24)-c2c(F)cccc2NCCCN(C)c2cccc(C(C)C)c2-3)[C@@H](C)C1. The Labute approximate surface area is 260 Å². The van der Waals surface area contributed by atoms with Gasteiger partial charge in [-0.25, -0.2) is 23.1 Å². The fourth-order valence-corrected chi connectivity index (χ4v) is 6.44. The predicted octanol–water partition coefficient (Wildman–Crippen LogP) is 5.32. The van der Waals surface area contributed by atoms with Gasteiger partial charge < -0.3 is 20.0 Å². The lowest BCUT2D eigenvalue weighted by Crippen LogP contribution is -2.54. The van der Waals surface area contributed by atoms with E-state index >= 15 is 8.78 Å². The molecule has 6 rings (SSSR count). The van der Waals surface area contributed by atoms with Gasteiger partial charge in [0.25, 0.3) is 0 Å². The van der Waals surface area contributed by atoms with E-state index in [0.717, 1.165) is 11.3 Å². The van der Waals surface area contributed by atoms with E-state index in [-0.39, 0.29) is 40.6 Å². The molecule has 0 radical (unpaired) electrons. The zero-order chi connectivity index (χ0) is 32.0. The molecule has 0 saturated carbocycles. The summed E-state index contributed by atoms with van der Waals surface area (Å²) in [5, 5.41) is 3.59. The number of carbonyl (C=O) groups excluding carboxylic acids is 1. The molecule has 2 aromatic heterocycles. The average molecular weight is 614 g/mol. The first-order valence-electron chi connectivity index (χ1n) is 15.3. The number of anilines is 3. The second-order valence-corrected chi connectivity index (χ2v) is 12.0. The van der Waals surface area contributed by atoms with Gasteiger partial charge in [0, 0.05) is 51.5 Å². The van der Waals surface area contributed by atoms with Crippen LogP contribution in [0.15, 0.2) is 59.9 Å². The van der Waals surface area contributed by atoms with Gasteiger partial charge in [0.2, 0.25) is 5.91 Å². The standard InChI is InChI=1S/C34H37F2N7O2/c1-6-28(44)41-16-17-42(21(4)19-41)32-23-18-25(36)30-29-24(35)11-8-12-26(29)37-14-9-15-40(5)27-13-7-10-22(20(2)3)31(27)43(33(23)38-30)34(45)39-32/h6-8,10-13,18,20-21,37H,1,9,14-17,19H2,2-5H3/t21-/m0/s1. The minimum atomic E-state index is -0.735. The Balaban J connectivity index is 1.70. The smallest absolute Gasteiger partial charge is 0.355 e. The van der Waals surface area contributed by atoms with Gasteiger partial charge >= 0.3 is 5.69 Å². The molecule has 2 aliphatic rings. The van der Waals surface area contributed by atoms with Crippen molar-refractivity contribution < 1.29 is 13.6 Å². The first kappa shape index (κ1) is 30.2. The van der Waals surface area contributed by atoms with Gasteiger partial charge in [0.1, 0.15) is 17.3 Å². The first-order valence-corrected chi connectivity index (χ1v) is 15.3. The molecule has 4 heterocycles. The van der Waals surface area contributed by atoms with Gasteiger partial charge in [-0.15, -0.1) is 0 Å². The van der Waals surface area contributed by atoms with Gasteiger partial charge in [-0.2, -0.15) is 4.98 Å². The van der Waals surface area contributed by atoms with Crippen molar-refractivity contribution in [3.8, 4) is 16.9 Å². The van der Waals surface area contributed by atoms with Crippen LogP contribution in [0.5, 0.6) is 0 Å². The zero-order valence-corrected chi connectivity index (χ0v) is 26.0. The summed E-state index contributed by atoms with van der Waals surface area (Å²) in [4.78, 5) is 41.7. The topological polar surface area (TPSA) is 86.6 Å². The van der Waals surface area contributed by atoms with Crippen LogP contribution in [0.2, 0.25) is 0 Å². The van der Waals surface area contributed by atoms with Crippen molar-refractivity contribution >= 4 is 34.1 Å². The summed E-state index contributed by atoms with van der Waals surface area (Å²) in [5.74, 6) is -1.24. The summed E-state index contributed by atoms with van der Waals surface area (Å²) < 4.78 is 33.3. The Morgan fingerprint density at radius 3 is 2.60 bits per heavy atom. The minimum Gasteiger partial charge on any atom is -0.384 e. The first-order chi connectivity index (χ1) is 21.6. The largest absolute Gasteiger partial charge is 0.384 e. The summed E-state index contributed by atoms with van der Waals surface area (Å²) in [6.45, 7) is 11.9. The second-order valence-electron chi connectivity index (χ2n) is 12.0. The third-order valence-electron chi connectivity index (χ3n) is 8.73. The number of nitrogens with zero attached hydrogens (tertiary/aromatic N) is 6. The Morgan fingerprint density at radius 2 is 1.87 bits per heavy atom. The lowest BCUT2D eigenvalue weighted by molar-refractivity contribution is -0.126. The van der Waals surface area contributed by atoms with E-state index in [4.69, 9.17) is 4.98 Å². The van der Waals surface area contributed by atoms with Gasteiger partial charge in [-0.1, -0.05) is 38.6 Å². The number of pyridine rings is 1. The second kappa shape index (κ2) is 11.9. The van der Waals surface area contributed by atoms with E-state index in [1.54, 1.807) is 17.0 Å². The van der Waals surface area contributed by atoms with E-state index in [9.17, 15) is 9.59 Å². The molecular formula is C34H37F2N7O2. The van der Waals surface area contributed by atoms with Crippen LogP contribution in [0, 0.1) is 11.6 Å². The Bertz CT molecular complexity index is 1870. The lowest BCUT2D eigenvalue weighted by atomic mass is 9.99. The van der Waals surface area contributed by atoms with Crippen molar-refractivity contribution in [1.82, 2.24) is 19.4 Å². The van der Waals surface area contributed by atoms with Gasteiger partial charge in [0.05, 0.1) is 22.3 Å². The summed E-state index contributed by atoms with van der Waals surface area (Å²) >= 11 is 0. The molecule has 2 aromatic carbocycles. The van der Waals surface area contributed by atoms with Crippen LogP contribution in [0.4, 0.5) is 26.0 Å². The van der Waals surface area contributed by atoms with Crippen LogP contribution in [-0.4, -0.2) is 71.2 Å². The number of hydrogen-bond donors (Lipinski definition) is 1. The number of hydrogen-bond acceptors (Lipinski definition) is 7. The van der Waals surface area contributed by atoms with Crippen LogP contribution >= 0.6 is 0 Å². The molecule has 1 saturated heterocycles. The summed E-state index contributed by atoms with van der Waals surface area (Å²) in [5.41, 5.74) is 2.14. The third-order valence-corrected chi connectivity index (χ3v) is 8.73. The maximum atomic E-state index is 16.3. The average Bonchev–Trinajstić information content (AvgIpc) is 3.02. The highest BCUT2D eigenvalue weighted by atomic mass is 19.1. The molecule has 1 N–H and O–H groups in total. The molecule has 4 aromatic rings. The van der Waals surface area contributed by atoms with E-state index in [2.05, 4.69) is 21.8 Å². The highest BCUT2D eigenvalue weighted by Gasteiger charge is 2.31. The molecule has 2 aliphatic heterocycles. The number of rotatable bonds is 3. The van der Waals surface area contributed by atoms with Crippen molar-refractivity contribution in [2.24, 2.45) is 0 Å². The number of carbonyl (C=O) groups is 1. The molecule has 0 spiro atoms. The van der Waals surface area contributed by atoms with E-state index < -0.39 is 17.3 Å². The minimum absolute atomic E-state index is 0.00384. The van der Waals surface area contributed by atoms with Crippen molar-refractivity contribution in [3.63, 3.8) is 0 Å². The number of para-hydroxylation sites is 1. The molecule has 2 bridgehead atoms. The molecular weight excluding hydrogens is 576 g/mol. The van der Waals surface area contributed by atoms with Crippen LogP contribution in [0.1, 0.15) is 38.7 Å². The van der Waals surface area contributed by atoms with Gasteiger partial charge in [-0.05, 0) is 55.2 Å². The van der Waals surface area contributed by atoms with Gasteiger partial charge in [0.15, 0.2) is 11.5 Å². The number of amides is 1. The van der Waals surface area contributed by atoms with Crippen LogP contribution in [0.3, 0.4) is 0 Å². The quantitative estimate of drug-likeness (QED) is 0.313. The van der Waals surface area contributed by atoms with Crippen molar-refractivity contribution in [1.29, 1.82) is 0 Å². The van der Waals surface area contributed by atoms with E-state index in [0.29, 0.717) is 55.9 Å². The molecule has 0 aliphatic carbocycles. The molecule has 1 atom stereocenters. The highest BCUT2D eigenvalue weighted by Crippen LogP contribution is 2.38. The monoisotopic (exact) mass is 613 g/mol. The van der Waals surface area contributed by atoms with Crippen molar-refractivity contribution in [2.75, 3.05) is 54.9 Å². The van der Waals surface area contributed by atoms with Gasteiger partial charge in [-0.3, -0.25) is 4.79 Å². The van der Waals surface area contributed by atoms with Crippen LogP contribution < -0.4 is 20.8 Å². The number of benzene rings is 2.